The highest BCUT2D eigenvalue weighted by Gasteiger charge is 2.23. The maximum absolute atomic E-state index is 13.8. The second-order valence-electron chi connectivity index (χ2n) is 9.05. The zero-order valence-electron chi connectivity index (χ0n) is 18.7. The number of aryl methyl sites for hydroxylation is 2. The van der Waals surface area contributed by atoms with Crippen molar-refractivity contribution in [2.45, 2.75) is 51.4 Å². The number of fused-ring (bicyclic) bond motifs is 3. The quantitative estimate of drug-likeness (QED) is 0.494. The average molecular weight is 442 g/mol. The Kier molecular flexibility index (Phi) is 6.29. The summed E-state index contributed by atoms with van der Waals surface area (Å²) in [6, 6.07) is 14.8. The molecule has 1 heterocycles. The fourth-order valence-corrected chi connectivity index (χ4v) is 4.91. The van der Waals surface area contributed by atoms with Crippen LogP contribution in [0, 0.1) is 11.7 Å². The lowest BCUT2D eigenvalue weighted by atomic mass is 9.87. The molecule has 1 N–H and O–H groups in total. The molecular weight excluding hydrogens is 413 g/mol. The van der Waals surface area contributed by atoms with Crippen molar-refractivity contribution in [1.82, 2.24) is 9.97 Å². The highest BCUT2D eigenvalue weighted by atomic mass is 19.1. The van der Waals surface area contributed by atoms with Crippen LogP contribution in [0.4, 0.5) is 10.2 Å². The molecule has 33 heavy (non-hydrogen) atoms. The standard InChI is InChI=1S/C28H28FN3O/c29-22-13-14-23-21(18-22)12-16-24-27(23)30-25(15-11-19-7-3-1-4-8-19)28(31-24)32-26(33)17-20-9-5-2-6-10-20/h1,3-4,7-8,11,13-15,18,20H,2,5-6,9-10,12,16-17H2,(H,31,32,33). The smallest absolute Gasteiger partial charge is 0.225 e. The lowest BCUT2D eigenvalue weighted by molar-refractivity contribution is -0.117. The summed E-state index contributed by atoms with van der Waals surface area (Å²) in [6.45, 7) is 0. The second-order valence-corrected chi connectivity index (χ2v) is 9.05. The molecule has 2 aliphatic rings. The van der Waals surface area contributed by atoms with Crippen molar-refractivity contribution >= 4 is 23.9 Å². The Morgan fingerprint density at radius 1 is 1.00 bits per heavy atom. The fraction of sp³-hybridized carbons (Fsp3) is 0.321. The number of halogens is 1. The first-order valence-corrected chi connectivity index (χ1v) is 11.9. The zero-order valence-corrected chi connectivity index (χ0v) is 18.7. The molecule has 0 saturated heterocycles. The number of hydrogen-bond donors (Lipinski definition) is 1. The van der Waals surface area contributed by atoms with E-state index in [0.29, 0.717) is 36.7 Å². The molecule has 0 aliphatic heterocycles. The molecule has 0 spiro atoms. The molecule has 0 atom stereocenters. The van der Waals surface area contributed by atoms with Crippen molar-refractivity contribution in [3.63, 3.8) is 0 Å². The van der Waals surface area contributed by atoms with E-state index in [0.717, 1.165) is 40.9 Å². The van der Waals surface area contributed by atoms with Crippen LogP contribution in [0.3, 0.4) is 0 Å². The van der Waals surface area contributed by atoms with Gasteiger partial charge in [-0.05, 0) is 67.0 Å². The molecule has 3 aromatic rings. The van der Waals surface area contributed by atoms with Gasteiger partial charge in [0.05, 0.1) is 11.4 Å². The first kappa shape index (κ1) is 21.5. The summed E-state index contributed by atoms with van der Waals surface area (Å²) in [5.41, 5.74) is 5.14. The molecule has 0 unspecified atom stereocenters. The summed E-state index contributed by atoms with van der Waals surface area (Å²) in [5.74, 6) is 0.728. The Bertz CT molecular complexity index is 1180. The number of benzene rings is 2. The van der Waals surface area contributed by atoms with E-state index in [1.807, 2.05) is 42.5 Å². The van der Waals surface area contributed by atoms with Gasteiger partial charge in [-0.1, -0.05) is 55.7 Å². The number of nitrogens with one attached hydrogen (secondary N) is 1. The molecule has 4 nitrogen and oxygen atoms in total. The Hall–Kier alpha value is -3.34. The summed E-state index contributed by atoms with van der Waals surface area (Å²) in [5, 5.41) is 3.05. The third-order valence-corrected chi connectivity index (χ3v) is 6.64. The number of aromatic nitrogens is 2. The molecule has 168 valence electrons. The van der Waals surface area contributed by atoms with Gasteiger partial charge in [-0.25, -0.2) is 14.4 Å². The number of amides is 1. The van der Waals surface area contributed by atoms with E-state index in [-0.39, 0.29) is 11.7 Å². The van der Waals surface area contributed by atoms with E-state index in [2.05, 4.69) is 5.32 Å². The third kappa shape index (κ3) is 5.03. The molecule has 0 bridgehead atoms. The Morgan fingerprint density at radius 2 is 1.82 bits per heavy atom. The van der Waals surface area contributed by atoms with E-state index in [1.165, 1.54) is 25.3 Å². The lowest BCUT2D eigenvalue weighted by Crippen LogP contribution is -2.21. The summed E-state index contributed by atoms with van der Waals surface area (Å²) in [7, 11) is 0. The summed E-state index contributed by atoms with van der Waals surface area (Å²) >= 11 is 0. The van der Waals surface area contributed by atoms with Crippen molar-refractivity contribution in [3.05, 3.63) is 76.9 Å². The molecule has 2 aliphatic carbocycles. The number of carbonyl (C=O) groups is 1. The minimum atomic E-state index is -0.235. The van der Waals surface area contributed by atoms with Gasteiger partial charge in [0.25, 0.3) is 0 Å². The predicted molar refractivity (Wildman–Crippen MR) is 130 cm³/mol. The van der Waals surface area contributed by atoms with Crippen LogP contribution in [0.1, 0.15) is 61.0 Å². The van der Waals surface area contributed by atoms with E-state index >= 15 is 0 Å². The van der Waals surface area contributed by atoms with Crippen molar-refractivity contribution in [2.24, 2.45) is 5.92 Å². The van der Waals surface area contributed by atoms with Gasteiger partial charge in [-0.3, -0.25) is 4.79 Å². The van der Waals surface area contributed by atoms with Gasteiger partial charge in [0.1, 0.15) is 11.5 Å². The molecule has 1 aromatic heterocycles. The number of rotatable bonds is 5. The van der Waals surface area contributed by atoms with Crippen LogP contribution in [0.2, 0.25) is 0 Å². The summed E-state index contributed by atoms with van der Waals surface area (Å²) in [6.07, 6.45) is 11.7. The first-order chi connectivity index (χ1) is 16.2. The minimum absolute atomic E-state index is 0.00351. The maximum Gasteiger partial charge on any atom is 0.225 e. The zero-order chi connectivity index (χ0) is 22.6. The molecule has 2 aromatic carbocycles. The van der Waals surface area contributed by atoms with Gasteiger partial charge >= 0.3 is 0 Å². The van der Waals surface area contributed by atoms with Crippen LogP contribution in [-0.2, 0) is 17.6 Å². The van der Waals surface area contributed by atoms with Crippen molar-refractivity contribution in [2.75, 3.05) is 5.32 Å². The minimum Gasteiger partial charge on any atom is -0.309 e. The number of anilines is 1. The van der Waals surface area contributed by atoms with Crippen LogP contribution in [0.15, 0.2) is 48.5 Å². The Labute approximate surface area is 194 Å². The van der Waals surface area contributed by atoms with Crippen LogP contribution >= 0.6 is 0 Å². The van der Waals surface area contributed by atoms with Gasteiger partial charge in [0, 0.05) is 12.0 Å². The first-order valence-electron chi connectivity index (χ1n) is 11.9. The van der Waals surface area contributed by atoms with Crippen LogP contribution in [0.25, 0.3) is 23.4 Å². The van der Waals surface area contributed by atoms with Crippen LogP contribution in [0.5, 0.6) is 0 Å². The Morgan fingerprint density at radius 3 is 2.64 bits per heavy atom. The summed E-state index contributed by atoms with van der Waals surface area (Å²) < 4.78 is 13.8. The van der Waals surface area contributed by atoms with E-state index < -0.39 is 0 Å². The van der Waals surface area contributed by atoms with Crippen molar-refractivity contribution in [1.29, 1.82) is 0 Å². The largest absolute Gasteiger partial charge is 0.309 e. The number of nitrogens with zero attached hydrogens (tertiary/aromatic N) is 2. The van der Waals surface area contributed by atoms with Gasteiger partial charge in [0.2, 0.25) is 5.91 Å². The molecule has 5 heteroatoms. The van der Waals surface area contributed by atoms with Gasteiger partial charge in [-0.2, -0.15) is 0 Å². The van der Waals surface area contributed by atoms with E-state index in [1.54, 1.807) is 12.1 Å². The predicted octanol–water partition coefficient (Wildman–Crippen LogP) is 6.46. The van der Waals surface area contributed by atoms with Crippen LogP contribution in [-0.4, -0.2) is 15.9 Å². The Balaban J connectivity index is 1.48. The maximum atomic E-state index is 13.8. The van der Waals surface area contributed by atoms with Crippen molar-refractivity contribution < 1.29 is 9.18 Å². The van der Waals surface area contributed by atoms with Crippen molar-refractivity contribution in [3.8, 4) is 11.3 Å². The highest BCUT2D eigenvalue weighted by molar-refractivity contribution is 5.92. The van der Waals surface area contributed by atoms with E-state index in [9.17, 15) is 9.18 Å². The lowest BCUT2D eigenvalue weighted by Gasteiger charge is -2.22. The van der Waals surface area contributed by atoms with Gasteiger partial charge in [-0.15, -0.1) is 0 Å². The molecule has 1 fully saturated rings. The molecular formula is C28H28FN3O. The van der Waals surface area contributed by atoms with E-state index in [4.69, 9.17) is 9.97 Å². The second kappa shape index (κ2) is 9.65. The molecule has 1 amide bonds. The van der Waals surface area contributed by atoms with Crippen LogP contribution < -0.4 is 5.32 Å². The molecule has 0 radical (unpaired) electrons. The normalized spacial score (nSPS) is 15.8. The third-order valence-electron chi connectivity index (χ3n) is 6.64. The molecule has 1 saturated carbocycles. The summed E-state index contributed by atoms with van der Waals surface area (Å²) in [4.78, 5) is 22.6. The fourth-order valence-electron chi connectivity index (χ4n) is 4.91. The number of hydrogen-bond acceptors (Lipinski definition) is 3. The average Bonchev–Trinajstić information content (AvgIpc) is 2.83. The highest BCUT2D eigenvalue weighted by Crippen LogP contribution is 2.34. The van der Waals surface area contributed by atoms with Gasteiger partial charge < -0.3 is 5.32 Å². The van der Waals surface area contributed by atoms with Gasteiger partial charge in [0.15, 0.2) is 5.82 Å². The number of carbonyl (C=O) groups excluding carboxylic acids is 1. The SMILES string of the molecule is O=C(CC1CCCCC1)Nc1nc2c(nc1C=Cc1ccccc1)-c1ccc(F)cc1CC2. The topological polar surface area (TPSA) is 54.9 Å². The molecule has 5 rings (SSSR count). The monoisotopic (exact) mass is 441 g/mol.